The predicted octanol–water partition coefficient (Wildman–Crippen LogP) is 1.62. The monoisotopic (exact) mass is 296 g/mol. The Hall–Kier alpha value is -1.46. The van der Waals surface area contributed by atoms with Crippen molar-refractivity contribution in [1.29, 1.82) is 0 Å². The van der Waals surface area contributed by atoms with E-state index in [0.717, 1.165) is 32.4 Å². The zero-order chi connectivity index (χ0) is 15.2. The van der Waals surface area contributed by atoms with Crippen LogP contribution in [0.15, 0.2) is 0 Å². The largest absolute Gasteiger partial charge is 0.338 e. The zero-order valence-corrected chi connectivity index (χ0v) is 13.2. The molecule has 2 saturated heterocycles. The molecule has 0 unspecified atom stereocenters. The number of carbonyl (C=O) groups excluding carboxylic acids is 2. The molecule has 0 radical (unpaired) electrons. The molecule has 2 aliphatic heterocycles. The molecule has 2 N–H and O–H groups in total. The van der Waals surface area contributed by atoms with Gasteiger partial charge in [-0.15, -0.1) is 0 Å². The minimum absolute atomic E-state index is 0.0298. The first-order valence-corrected chi connectivity index (χ1v) is 8.18. The third kappa shape index (κ3) is 4.51. The molecule has 0 aromatic rings. The summed E-state index contributed by atoms with van der Waals surface area (Å²) in [6.45, 7) is 7.83. The van der Waals surface area contributed by atoms with Crippen molar-refractivity contribution in [2.24, 2.45) is 5.92 Å². The van der Waals surface area contributed by atoms with E-state index in [-0.39, 0.29) is 18.1 Å². The summed E-state index contributed by atoms with van der Waals surface area (Å²) in [6, 6.07) is 0.0884. The van der Waals surface area contributed by atoms with Gasteiger partial charge in [0.05, 0.1) is 0 Å². The summed E-state index contributed by atoms with van der Waals surface area (Å²) in [7, 11) is 0. The van der Waals surface area contributed by atoms with Gasteiger partial charge in [0, 0.05) is 38.8 Å². The first kappa shape index (κ1) is 15.9. The standard InChI is InChI=1S/C15H28N4O2/c1-3-16-14(20)19-10-7-13(11-19)17-15(21)18-8-4-5-12(2)6-9-18/h12-13H,3-11H2,1-2H3,(H,16,20)(H,17,21)/t12-,13-/m0/s1. The van der Waals surface area contributed by atoms with Gasteiger partial charge in [0.1, 0.15) is 0 Å². The second kappa shape index (κ2) is 7.52. The lowest BCUT2D eigenvalue weighted by Crippen LogP contribution is -2.47. The molecular formula is C15H28N4O2. The molecule has 2 fully saturated rings. The summed E-state index contributed by atoms with van der Waals surface area (Å²) in [5.41, 5.74) is 0. The lowest BCUT2D eigenvalue weighted by Gasteiger charge is -2.24. The Morgan fingerprint density at radius 3 is 2.57 bits per heavy atom. The van der Waals surface area contributed by atoms with Gasteiger partial charge in [-0.1, -0.05) is 6.92 Å². The van der Waals surface area contributed by atoms with E-state index in [1.807, 2.05) is 11.8 Å². The van der Waals surface area contributed by atoms with Gasteiger partial charge in [-0.2, -0.15) is 0 Å². The average molecular weight is 296 g/mol. The first-order valence-electron chi connectivity index (χ1n) is 8.18. The van der Waals surface area contributed by atoms with E-state index < -0.39 is 0 Å². The van der Waals surface area contributed by atoms with E-state index in [0.29, 0.717) is 25.6 Å². The van der Waals surface area contributed by atoms with Crippen LogP contribution in [0.1, 0.15) is 39.5 Å². The number of urea groups is 2. The number of hydrogen-bond acceptors (Lipinski definition) is 2. The van der Waals surface area contributed by atoms with E-state index in [1.54, 1.807) is 4.90 Å². The number of carbonyl (C=O) groups is 2. The Balaban J connectivity index is 1.77. The molecule has 6 heteroatoms. The van der Waals surface area contributed by atoms with Gasteiger partial charge >= 0.3 is 12.1 Å². The van der Waals surface area contributed by atoms with Crippen LogP contribution in [0.2, 0.25) is 0 Å². The molecule has 0 aliphatic carbocycles. The molecule has 0 saturated carbocycles. The van der Waals surface area contributed by atoms with Crippen LogP contribution in [0.5, 0.6) is 0 Å². The van der Waals surface area contributed by atoms with E-state index >= 15 is 0 Å². The fourth-order valence-electron chi connectivity index (χ4n) is 3.06. The maximum atomic E-state index is 12.3. The Labute approximate surface area is 127 Å². The highest BCUT2D eigenvalue weighted by molar-refractivity contribution is 5.76. The van der Waals surface area contributed by atoms with Crippen molar-refractivity contribution in [3.8, 4) is 0 Å². The van der Waals surface area contributed by atoms with E-state index in [9.17, 15) is 9.59 Å². The van der Waals surface area contributed by atoms with Crippen LogP contribution in [0.4, 0.5) is 9.59 Å². The smallest absolute Gasteiger partial charge is 0.317 e. The van der Waals surface area contributed by atoms with E-state index in [1.165, 1.54) is 6.42 Å². The maximum Gasteiger partial charge on any atom is 0.317 e. The third-order valence-electron chi connectivity index (χ3n) is 4.44. The Morgan fingerprint density at radius 2 is 1.81 bits per heavy atom. The molecular weight excluding hydrogens is 268 g/mol. The van der Waals surface area contributed by atoms with Crippen LogP contribution in [0.25, 0.3) is 0 Å². The highest BCUT2D eigenvalue weighted by Gasteiger charge is 2.28. The average Bonchev–Trinajstić information content (AvgIpc) is 2.80. The molecule has 0 aromatic carbocycles. The quantitative estimate of drug-likeness (QED) is 0.813. The van der Waals surface area contributed by atoms with Crippen LogP contribution >= 0.6 is 0 Å². The van der Waals surface area contributed by atoms with Crippen molar-refractivity contribution in [1.82, 2.24) is 20.4 Å². The Kier molecular flexibility index (Phi) is 5.70. The van der Waals surface area contributed by atoms with Gasteiger partial charge in [0.25, 0.3) is 0 Å². The number of hydrogen-bond donors (Lipinski definition) is 2. The topological polar surface area (TPSA) is 64.7 Å². The molecule has 0 bridgehead atoms. The first-order chi connectivity index (χ1) is 10.1. The van der Waals surface area contributed by atoms with Crippen LogP contribution in [0.3, 0.4) is 0 Å². The third-order valence-corrected chi connectivity index (χ3v) is 4.44. The fraction of sp³-hybridized carbons (Fsp3) is 0.867. The summed E-state index contributed by atoms with van der Waals surface area (Å²) < 4.78 is 0. The zero-order valence-electron chi connectivity index (χ0n) is 13.2. The Bertz CT molecular complexity index is 375. The van der Waals surface area contributed by atoms with E-state index in [4.69, 9.17) is 0 Å². The second-order valence-corrected chi connectivity index (χ2v) is 6.24. The SMILES string of the molecule is CCNC(=O)N1CC[C@H](NC(=O)N2CCC[C@H](C)CC2)C1. The number of likely N-dealkylation sites (tertiary alicyclic amines) is 2. The molecule has 2 heterocycles. The number of amides is 4. The van der Waals surface area contributed by atoms with Crippen molar-refractivity contribution in [2.75, 3.05) is 32.7 Å². The number of rotatable bonds is 2. The second-order valence-electron chi connectivity index (χ2n) is 6.24. The summed E-state index contributed by atoms with van der Waals surface area (Å²) in [5.74, 6) is 0.711. The van der Waals surface area contributed by atoms with Gasteiger partial charge in [-0.3, -0.25) is 0 Å². The molecule has 21 heavy (non-hydrogen) atoms. The van der Waals surface area contributed by atoms with Crippen LogP contribution < -0.4 is 10.6 Å². The molecule has 0 spiro atoms. The maximum absolute atomic E-state index is 12.3. The fourth-order valence-corrected chi connectivity index (χ4v) is 3.06. The van der Waals surface area contributed by atoms with Gasteiger partial charge in [0.2, 0.25) is 0 Å². The van der Waals surface area contributed by atoms with E-state index in [2.05, 4.69) is 17.6 Å². The lowest BCUT2D eigenvalue weighted by molar-refractivity contribution is 0.193. The van der Waals surface area contributed by atoms with Gasteiger partial charge in [-0.25, -0.2) is 9.59 Å². The molecule has 2 atom stereocenters. The van der Waals surface area contributed by atoms with Crippen molar-refractivity contribution < 1.29 is 9.59 Å². The summed E-state index contributed by atoms with van der Waals surface area (Å²) >= 11 is 0. The number of nitrogens with one attached hydrogen (secondary N) is 2. The van der Waals surface area contributed by atoms with Crippen molar-refractivity contribution in [3.05, 3.63) is 0 Å². The van der Waals surface area contributed by atoms with Gasteiger partial charge in [0.15, 0.2) is 0 Å². The minimum Gasteiger partial charge on any atom is -0.338 e. The minimum atomic E-state index is -0.0298. The van der Waals surface area contributed by atoms with Gasteiger partial charge < -0.3 is 20.4 Å². The molecule has 0 aromatic heterocycles. The molecule has 2 aliphatic rings. The Morgan fingerprint density at radius 1 is 1.05 bits per heavy atom. The number of nitrogens with zero attached hydrogens (tertiary/aromatic N) is 2. The summed E-state index contributed by atoms with van der Waals surface area (Å²) in [5, 5.41) is 5.89. The molecule has 120 valence electrons. The molecule has 6 nitrogen and oxygen atoms in total. The van der Waals surface area contributed by atoms with Gasteiger partial charge in [-0.05, 0) is 38.5 Å². The lowest BCUT2D eigenvalue weighted by atomic mass is 10.0. The van der Waals surface area contributed by atoms with Crippen molar-refractivity contribution in [2.45, 2.75) is 45.6 Å². The normalized spacial score (nSPS) is 26.4. The van der Waals surface area contributed by atoms with Crippen molar-refractivity contribution in [3.63, 3.8) is 0 Å². The predicted molar refractivity (Wildman–Crippen MR) is 82.2 cm³/mol. The summed E-state index contributed by atoms with van der Waals surface area (Å²) in [6.07, 6.45) is 4.22. The van der Waals surface area contributed by atoms with Crippen LogP contribution in [-0.4, -0.2) is 60.6 Å². The van der Waals surface area contributed by atoms with Crippen LogP contribution in [0, 0.1) is 5.92 Å². The van der Waals surface area contributed by atoms with Crippen molar-refractivity contribution >= 4 is 12.1 Å². The highest BCUT2D eigenvalue weighted by atomic mass is 16.2. The van der Waals surface area contributed by atoms with Crippen LogP contribution in [-0.2, 0) is 0 Å². The molecule has 2 rings (SSSR count). The molecule has 4 amide bonds. The summed E-state index contributed by atoms with van der Waals surface area (Å²) in [4.78, 5) is 27.8. The highest BCUT2D eigenvalue weighted by Crippen LogP contribution is 2.17.